The van der Waals surface area contributed by atoms with Crippen molar-refractivity contribution < 1.29 is 4.42 Å². The summed E-state index contributed by atoms with van der Waals surface area (Å²) >= 11 is 0. The molecule has 0 aliphatic rings. The number of hydrogen-bond acceptors (Lipinski definition) is 6. The van der Waals surface area contributed by atoms with Crippen molar-refractivity contribution in [1.29, 1.82) is 0 Å². The minimum Gasteiger partial charge on any atom is -0.467 e. The summed E-state index contributed by atoms with van der Waals surface area (Å²) in [5.41, 5.74) is 3.77. The zero-order chi connectivity index (χ0) is 25.1. The van der Waals surface area contributed by atoms with Crippen LogP contribution in [0.2, 0.25) is 0 Å². The van der Waals surface area contributed by atoms with Crippen molar-refractivity contribution in [3.8, 4) is 0 Å². The van der Waals surface area contributed by atoms with Gasteiger partial charge >= 0.3 is 0 Å². The Kier molecular flexibility index (Phi) is 6.77. The summed E-state index contributed by atoms with van der Waals surface area (Å²) in [5.74, 6) is 1.70. The first-order valence-corrected chi connectivity index (χ1v) is 12.2. The van der Waals surface area contributed by atoms with Gasteiger partial charge in [0.1, 0.15) is 12.3 Å². The Morgan fingerprint density at radius 3 is 2.61 bits per heavy atom. The second kappa shape index (κ2) is 10.3. The number of benzene rings is 2. The van der Waals surface area contributed by atoms with Crippen LogP contribution >= 0.6 is 0 Å². The van der Waals surface area contributed by atoms with Crippen LogP contribution in [0, 0.1) is 12.8 Å². The van der Waals surface area contributed by atoms with Crippen LogP contribution in [0.4, 0.5) is 0 Å². The molecule has 1 unspecified atom stereocenters. The molecule has 1 N–H and O–H groups in total. The van der Waals surface area contributed by atoms with Crippen LogP contribution < -0.4 is 5.56 Å². The minimum absolute atomic E-state index is 0.0814. The number of aryl methyl sites for hydroxylation is 1. The van der Waals surface area contributed by atoms with Crippen molar-refractivity contribution in [3.63, 3.8) is 0 Å². The average Bonchev–Trinajstić information content (AvgIpc) is 3.53. The van der Waals surface area contributed by atoms with Gasteiger partial charge in [-0.25, -0.2) is 4.68 Å². The molecule has 1 atom stereocenters. The van der Waals surface area contributed by atoms with Crippen LogP contribution in [-0.2, 0) is 19.6 Å². The Morgan fingerprint density at radius 2 is 1.86 bits per heavy atom. The van der Waals surface area contributed by atoms with Crippen molar-refractivity contribution in [3.05, 3.63) is 112 Å². The molecule has 36 heavy (non-hydrogen) atoms. The van der Waals surface area contributed by atoms with E-state index in [9.17, 15) is 4.79 Å². The molecule has 3 heterocycles. The van der Waals surface area contributed by atoms with Gasteiger partial charge in [-0.05, 0) is 64.5 Å². The van der Waals surface area contributed by atoms with E-state index in [-0.39, 0.29) is 17.5 Å². The molecule has 0 saturated carbocycles. The first-order chi connectivity index (χ1) is 17.5. The second-order valence-electron chi connectivity index (χ2n) is 9.57. The maximum absolute atomic E-state index is 13.1. The lowest BCUT2D eigenvalue weighted by atomic mass is 9.99. The largest absolute Gasteiger partial charge is 0.467 e. The molecule has 3 aromatic heterocycles. The fourth-order valence-electron chi connectivity index (χ4n) is 4.75. The Bertz CT molecular complexity index is 1490. The van der Waals surface area contributed by atoms with Gasteiger partial charge in [0.2, 0.25) is 0 Å². The highest BCUT2D eigenvalue weighted by molar-refractivity contribution is 5.79. The molecule has 0 spiro atoms. The van der Waals surface area contributed by atoms with Crippen molar-refractivity contribution in [2.45, 2.75) is 46.4 Å². The van der Waals surface area contributed by atoms with Crippen LogP contribution in [0.5, 0.6) is 0 Å². The third kappa shape index (κ3) is 5.13. The first-order valence-electron chi connectivity index (χ1n) is 12.2. The Labute approximate surface area is 209 Å². The van der Waals surface area contributed by atoms with Crippen LogP contribution in [0.3, 0.4) is 0 Å². The first kappa shape index (κ1) is 23.7. The number of fused-ring (bicyclic) bond motifs is 1. The third-order valence-electron chi connectivity index (χ3n) is 6.41. The van der Waals surface area contributed by atoms with Crippen molar-refractivity contribution in [2.75, 3.05) is 0 Å². The van der Waals surface area contributed by atoms with E-state index in [1.165, 1.54) is 0 Å². The van der Waals surface area contributed by atoms with E-state index in [1.807, 2.05) is 48.5 Å². The molecule has 0 aliphatic heterocycles. The van der Waals surface area contributed by atoms with E-state index >= 15 is 0 Å². The van der Waals surface area contributed by atoms with E-state index in [0.29, 0.717) is 25.2 Å². The molecule has 8 heteroatoms. The fourth-order valence-corrected chi connectivity index (χ4v) is 4.75. The molecule has 184 valence electrons. The van der Waals surface area contributed by atoms with Crippen LogP contribution in [-0.4, -0.2) is 30.1 Å². The molecule has 0 saturated heterocycles. The molecule has 0 bridgehead atoms. The minimum atomic E-state index is -0.136. The number of rotatable bonds is 9. The Balaban J connectivity index is 1.55. The van der Waals surface area contributed by atoms with Crippen molar-refractivity contribution >= 4 is 10.9 Å². The Hall–Kier alpha value is -4.04. The van der Waals surface area contributed by atoms with E-state index < -0.39 is 0 Å². The summed E-state index contributed by atoms with van der Waals surface area (Å²) < 4.78 is 7.33. The SMILES string of the molecule is Cc1ccc2[nH]c(=O)c(CN(Cc3ccccc3)C(c3nnnn3Cc3ccco3)C(C)C)cc2c1. The summed E-state index contributed by atoms with van der Waals surface area (Å²) in [5, 5.41) is 13.7. The summed E-state index contributed by atoms with van der Waals surface area (Å²) in [4.78, 5) is 18.5. The number of furan rings is 1. The lowest BCUT2D eigenvalue weighted by Crippen LogP contribution is -2.35. The summed E-state index contributed by atoms with van der Waals surface area (Å²) in [6, 6.07) is 22.0. The fraction of sp³-hybridized carbons (Fsp3) is 0.286. The topological polar surface area (TPSA) is 92.8 Å². The molecule has 0 amide bonds. The number of tetrazole rings is 1. The monoisotopic (exact) mass is 482 g/mol. The maximum atomic E-state index is 13.1. The smallest absolute Gasteiger partial charge is 0.252 e. The molecule has 8 nitrogen and oxygen atoms in total. The number of pyridine rings is 1. The van der Waals surface area contributed by atoms with Crippen molar-refractivity contribution in [2.24, 2.45) is 5.92 Å². The van der Waals surface area contributed by atoms with Gasteiger partial charge in [0.25, 0.3) is 5.56 Å². The van der Waals surface area contributed by atoms with E-state index in [0.717, 1.165) is 33.6 Å². The van der Waals surface area contributed by atoms with Crippen LogP contribution in [0.25, 0.3) is 10.9 Å². The lowest BCUT2D eigenvalue weighted by Gasteiger charge is -2.33. The highest BCUT2D eigenvalue weighted by Gasteiger charge is 2.30. The van der Waals surface area contributed by atoms with Gasteiger partial charge in [-0.15, -0.1) is 5.10 Å². The van der Waals surface area contributed by atoms with E-state index in [2.05, 4.69) is 64.4 Å². The number of H-pyrrole nitrogens is 1. The molecule has 0 fully saturated rings. The zero-order valence-corrected chi connectivity index (χ0v) is 20.8. The van der Waals surface area contributed by atoms with Crippen LogP contribution in [0.15, 0.2) is 82.2 Å². The predicted octanol–water partition coefficient (Wildman–Crippen LogP) is 4.86. The standard InChI is InChI=1S/C28H30N6O2/c1-19(2)26(27-30-31-32-34(27)18-24-10-7-13-36-24)33(16-21-8-5-4-6-9-21)17-23-15-22-14-20(3)11-12-25(22)29-28(23)35/h4-15,19,26H,16-18H2,1-3H3,(H,29,35). The van der Waals surface area contributed by atoms with E-state index in [4.69, 9.17) is 4.42 Å². The highest BCUT2D eigenvalue weighted by Crippen LogP contribution is 2.30. The van der Waals surface area contributed by atoms with Gasteiger partial charge in [-0.2, -0.15) is 0 Å². The van der Waals surface area contributed by atoms with Gasteiger partial charge in [0, 0.05) is 24.2 Å². The zero-order valence-electron chi connectivity index (χ0n) is 20.8. The number of aromatic amines is 1. The number of hydrogen-bond donors (Lipinski definition) is 1. The second-order valence-corrected chi connectivity index (χ2v) is 9.57. The highest BCUT2D eigenvalue weighted by atomic mass is 16.3. The number of nitrogens with one attached hydrogen (secondary N) is 1. The van der Waals surface area contributed by atoms with Gasteiger partial charge in [0.15, 0.2) is 5.82 Å². The van der Waals surface area contributed by atoms with E-state index in [1.54, 1.807) is 10.9 Å². The average molecular weight is 483 g/mol. The maximum Gasteiger partial charge on any atom is 0.252 e. The summed E-state index contributed by atoms with van der Waals surface area (Å²) in [6.45, 7) is 7.89. The van der Waals surface area contributed by atoms with Gasteiger partial charge in [-0.1, -0.05) is 55.8 Å². The molecule has 2 aromatic carbocycles. The summed E-state index contributed by atoms with van der Waals surface area (Å²) in [7, 11) is 0. The molecule has 0 radical (unpaired) electrons. The van der Waals surface area contributed by atoms with Gasteiger partial charge < -0.3 is 9.40 Å². The predicted molar refractivity (Wildman–Crippen MR) is 138 cm³/mol. The van der Waals surface area contributed by atoms with Crippen LogP contribution in [0.1, 0.15) is 48.2 Å². The molecule has 0 aliphatic carbocycles. The van der Waals surface area contributed by atoms with Gasteiger partial charge in [-0.3, -0.25) is 9.69 Å². The van der Waals surface area contributed by atoms with Crippen molar-refractivity contribution in [1.82, 2.24) is 30.1 Å². The lowest BCUT2D eigenvalue weighted by molar-refractivity contribution is 0.125. The third-order valence-corrected chi connectivity index (χ3v) is 6.41. The molecular weight excluding hydrogens is 452 g/mol. The molecular formula is C28H30N6O2. The molecule has 5 rings (SSSR count). The summed E-state index contributed by atoms with van der Waals surface area (Å²) in [6.07, 6.45) is 1.65. The normalized spacial score (nSPS) is 12.6. The quantitative estimate of drug-likeness (QED) is 0.322. The molecule has 5 aromatic rings. The van der Waals surface area contributed by atoms with Gasteiger partial charge in [0.05, 0.1) is 12.3 Å². The number of aromatic nitrogens is 5. The Morgan fingerprint density at radius 1 is 1.03 bits per heavy atom. The number of nitrogens with zero attached hydrogens (tertiary/aromatic N) is 5.